The Kier molecular flexibility index (Phi) is 3.18. The smallest absolute Gasteiger partial charge is 0.261 e. The van der Waals surface area contributed by atoms with E-state index in [2.05, 4.69) is 0 Å². The minimum Gasteiger partial charge on any atom is -0.319 e. The number of hydrogen-bond donors (Lipinski definition) is 0. The van der Waals surface area contributed by atoms with Crippen LogP contribution in [0, 0.1) is 11.8 Å². The van der Waals surface area contributed by atoms with Crippen molar-refractivity contribution < 1.29 is 9.59 Å². The standard InChI is InChI=1S/C12H20N2O2S2/c1-7(2)11-9(15)14(6)12(8(3)4,18-17-11)10(16)13(11)5/h7-8H,1-6H3/t11-,12-/m0/s1. The normalized spacial score (nSPS) is 36.2. The Hall–Kier alpha value is -0.360. The van der Waals surface area contributed by atoms with Crippen LogP contribution in [0.1, 0.15) is 27.7 Å². The number of likely N-dealkylation sites (N-methyl/N-ethyl adjacent to an activating group) is 2. The van der Waals surface area contributed by atoms with E-state index in [1.54, 1.807) is 45.5 Å². The molecule has 0 unspecified atom stereocenters. The average molecular weight is 288 g/mol. The molecule has 2 bridgehead atoms. The summed E-state index contributed by atoms with van der Waals surface area (Å²) in [5.74, 6) is 0.280. The predicted molar refractivity (Wildman–Crippen MR) is 75.9 cm³/mol. The van der Waals surface area contributed by atoms with Crippen molar-refractivity contribution >= 4 is 33.4 Å². The van der Waals surface area contributed by atoms with E-state index in [0.29, 0.717) is 0 Å². The zero-order chi connectivity index (χ0) is 13.9. The second kappa shape index (κ2) is 4.07. The predicted octanol–water partition coefficient (Wildman–Crippen LogP) is 2.02. The minimum absolute atomic E-state index is 0.0528. The van der Waals surface area contributed by atoms with Crippen LogP contribution in [0.3, 0.4) is 0 Å². The fourth-order valence-corrected chi connectivity index (χ4v) is 7.30. The lowest BCUT2D eigenvalue weighted by Gasteiger charge is -2.61. The van der Waals surface area contributed by atoms with Gasteiger partial charge < -0.3 is 9.80 Å². The molecule has 102 valence electrons. The van der Waals surface area contributed by atoms with Gasteiger partial charge in [0.05, 0.1) is 0 Å². The van der Waals surface area contributed by atoms with Crippen molar-refractivity contribution in [3.8, 4) is 0 Å². The van der Waals surface area contributed by atoms with E-state index in [1.807, 2.05) is 27.7 Å². The highest BCUT2D eigenvalue weighted by Crippen LogP contribution is 2.62. The van der Waals surface area contributed by atoms with Gasteiger partial charge in [-0.2, -0.15) is 0 Å². The zero-order valence-corrected chi connectivity index (χ0v) is 13.3. The quantitative estimate of drug-likeness (QED) is 0.729. The Labute approximate surface area is 116 Å². The molecule has 2 atom stereocenters. The van der Waals surface area contributed by atoms with E-state index in [-0.39, 0.29) is 23.7 Å². The molecule has 0 aromatic rings. The highest BCUT2D eigenvalue weighted by Gasteiger charge is 2.69. The number of amides is 2. The van der Waals surface area contributed by atoms with Crippen LogP contribution in [0.25, 0.3) is 0 Å². The molecular weight excluding hydrogens is 268 g/mol. The average Bonchev–Trinajstić information content (AvgIpc) is 2.29. The van der Waals surface area contributed by atoms with Crippen molar-refractivity contribution in [2.45, 2.75) is 37.4 Å². The highest BCUT2D eigenvalue weighted by molar-refractivity contribution is 8.78. The summed E-state index contributed by atoms with van der Waals surface area (Å²) < 4.78 is 0. The van der Waals surface area contributed by atoms with Gasteiger partial charge in [0, 0.05) is 14.1 Å². The largest absolute Gasteiger partial charge is 0.319 e. The van der Waals surface area contributed by atoms with Crippen molar-refractivity contribution in [2.75, 3.05) is 14.1 Å². The van der Waals surface area contributed by atoms with Crippen molar-refractivity contribution in [1.82, 2.24) is 9.80 Å². The lowest BCUT2D eigenvalue weighted by Crippen LogP contribution is -2.78. The first kappa shape index (κ1) is 14.1. The SMILES string of the molecule is CC(C)[C@@]12SS[C@@](C(C)C)(C(=O)N1C)N(C)C2=O. The molecule has 3 aliphatic rings. The summed E-state index contributed by atoms with van der Waals surface area (Å²) in [6.45, 7) is 7.99. The molecule has 4 nitrogen and oxygen atoms in total. The van der Waals surface area contributed by atoms with Crippen LogP contribution in [-0.2, 0) is 9.59 Å². The summed E-state index contributed by atoms with van der Waals surface area (Å²) in [5, 5.41) is 0. The summed E-state index contributed by atoms with van der Waals surface area (Å²) in [5.41, 5.74) is 0. The second-order valence-corrected chi connectivity index (χ2v) is 8.18. The molecule has 3 saturated heterocycles. The number of carbonyl (C=O) groups excluding carboxylic acids is 2. The molecule has 0 N–H and O–H groups in total. The lowest BCUT2D eigenvalue weighted by molar-refractivity contribution is -0.168. The monoisotopic (exact) mass is 288 g/mol. The Morgan fingerprint density at radius 2 is 1.11 bits per heavy atom. The van der Waals surface area contributed by atoms with Gasteiger partial charge in [0.15, 0.2) is 9.74 Å². The Morgan fingerprint density at radius 3 is 1.33 bits per heavy atom. The molecule has 18 heavy (non-hydrogen) atoms. The summed E-state index contributed by atoms with van der Waals surface area (Å²) in [7, 11) is 6.62. The van der Waals surface area contributed by atoms with Gasteiger partial charge in [-0.15, -0.1) is 0 Å². The summed E-state index contributed by atoms with van der Waals surface area (Å²) in [6.07, 6.45) is 0. The Morgan fingerprint density at radius 1 is 0.833 bits per heavy atom. The number of hydrogen-bond acceptors (Lipinski definition) is 4. The van der Waals surface area contributed by atoms with Gasteiger partial charge in [0.25, 0.3) is 11.8 Å². The van der Waals surface area contributed by atoms with Gasteiger partial charge in [-0.1, -0.05) is 49.3 Å². The van der Waals surface area contributed by atoms with E-state index in [9.17, 15) is 9.59 Å². The van der Waals surface area contributed by atoms with Gasteiger partial charge in [-0.05, 0) is 11.8 Å². The Bertz CT molecular complexity index is 375. The third-order valence-electron chi connectivity index (χ3n) is 4.08. The van der Waals surface area contributed by atoms with Crippen LogP contribution in [0.5, 0.6) is 0 Å². The molecule has 0 radical (unpaired) electrons. The van der Waals surface area contributed by atoms with Crippen molar-refractivity contribution in [2.24, 2.45) is 11.8 Å². The fourth-order valence-electron chi connectivity index (χ4n) is 2.84. The van der Waals surface area contributed by atoms with Gasteiger partial charge in [0.2, 0.25) is 0 Å². The van der Waals surface area contributed by atoms with Crippen LogP contribution < -0.4 is 0 Å². The third kappa shape index (κ3) is 1.31. The number of fused-ring (bicyclic) bond motifs is 3. The maximum absolute atomic E-state index is 12.7. The van der Waals surface area contributed by atoms with E-state index in [1.165, 1.54) is 0 Å². The van der Waals surface area contributed by atoms with Gasteiger partial charge >= 0.3 is 0 Å². The van der Waals surface area contributed by atoms with Crippen molar-refractivity contribution in [3.63, 3.8) is 0 Å². The molecule has 6 heteroatoms. The third-order valence-corrected chi connectivity index (χ3v) is 8.29. The molecule has 0 aromatic heterocycles. The highest BCUT2D eigenvalue weighted by atomic mass is 33.1. The van der Waals surface area contributed by atoms with Crippen LogP contribution in [0.4, 0.5) is 0 Å². The fraction of sp³-hybridized carbons (Fsp3) is 0.833. The van der Waals surface area contributed by atoms with E-state index < -0.39 is 9.74 Å². The molecule has 2 amide bonds. The second-order valence-electron chi connectivity index (χ2n) is 5.60. The molecule has 3 heterocycles. The molecule has 3 fully saturated rings. The summed E-state index contributed by atoms with van der Waals surface area (Å²) in [6, 6.07) is 0. The topological polar surface area (TPSA) is 40.6 Å². The van der Waals surface area contributed by atoms with Crippen LogP contribution in [-0.4, -0.2) is 45.5 Å². The summed E-state index contributed by atoms with van der Waals surface area (Å²) in [4.78, 5) is 27.3. The van der Waals surface area contributed by atoms with Crippen LogP contribution >= 0.6 is 21.6 Å². The van der Waals surface area contributed by atoms with E-state index in [4.69, 9.17) is 0 Å². The maximum atomic E-state index is 12.7. The number of rotatable bonds is 2. The maximum Gasteiger partial charge on any atom is 0.261 e. The molecular formula is C12H20N2O2S2. The Balaban J connectivity index is 2.59. The molecule has 0 saturated carbocycles. The molecule has 3 aliphatic heterocycles. The van der Waals surface area contributed by atoms with E-state index in [0.717, 1.165) is 0 Å². The van der Waals surface area contributed by atoms with E-state index >= 15 is 0 Å². The zero-order valence-electron chi connectivity index (χ0n) is 11.7. The first-order valence-corrected chi connectivity index (χ1v) is 8.31. The number of carbonyl (C=O) groups is 2. The number of nitrogens with zero attached hydrogens (tertiary/aromatic N) is 2. The first-order chi connectivity index (χ1) is 8.22. The molecule has 0 spiro atoms. The first-order valence-electron chi connectivity index (χ1n) is 6.16. The van der Waals surface area contributed by atoms with Gasteiger partial charge in [0.1, 0.15) is 0 Å². The molecule has 0 aliphatic carbocycles. The van der Waals surface area contributed by atoms with Crippen molar-refractivity contribution in [1.29, 1.82) is 0 Å². The number of piperazine rings is 1. The lowest BCUT2D eigenvalue weighted by atomic mass is 9.90. The van der Waals surface area contributed by atoms with Crippen molar-refractivity contribution in [3.05, 3.63) is 0 Å². The van der Waals surface area contributed by atoms with Crippen LogP contribution in [0.2, 0.25) is 0 Å². The molecule has 0 aromatic carbocycles. The summed E-state index contributed by atoms with van der Waals surface area (Å²) >= 11 is 0. The molecule has 3 rings (SSSR count). The van der Waals surface area contributed by atoms with Gasteiger partial charge in [-0.3, -0.25) is 9.59 Å². The van der Waals surface area contributed by atoms with Gasteiger partial charge in [-0.25, -0.2) is 0 Å². The van der Waals surface area contributed by atoms with Crippen LogP contribution in [0.15, 0.2) is 0 Å². The minimum atomic E-state index is -0.743.